The van der Waals surface area contributed by atoms with E-state index in [9.17, 15) is 0 Å². The van der Waals surface area contributed by atoms with Crippen molar-refractivity contribution >= 4 is 35.0 Å². The van der Waals surface area contributed by atoms with Gasteiger partial charge in [-0.2, -0.15) is 5.26 Å². The highest BCUT2D eigenvalue weighted by Gasteiger charge is 2.10. The van der Waals surface area contributed by atoms with Crippen LogP contribution in [0, 0.1) is 16.7 Å². The van der Waals surface area contributed by atoms with Crippen LogP contribution in [0.2, 0.25) is 5.02 Å². The average molecular weight is 238 g/mol. The third-order valence-corrected chi connectivity index (χ3v) is 2.54. The molecule has 0 atom stereocenters. The van der Waals surface area contributed by atoms with Gasteiger partial charge in [0.2, 0.25) is 0 Å². The van der Waals surface area contributed by atoms with Crippen molar-refractivity contribution in [3.8, 4) is 6.07 Å². The fraction of sp³-hybridized carbons (Fsp3) is 0. The van der Waals surface area contributed by atoms with Gasteiger partial charge in [-0.25, -0.2) is 0 Å². The monoisotopic (exact) mass is 237 g/mol. The number of halogens is 1. The van der Waals surface area contributed by atoms with E-state index in [2.05, 4.69) is 12.6 Å². The highest BCUT2D eigenvalue weighted by molar-refractivity contribution is 7.90. The van der Waals surface area contributed by atoms with Crippen molar-refractivity contribution in [2.24, 2.45) is 5.73 Å². The Labute approximate surface area is 98.1 Å². The number of rotatable bonds is 2. The van der Waals surface area contributed by atoms with E-state index >= 15 is 0 Å². The number of nitrogens with zero attached hydrogens (tertiary/aromatic N) is 1. The average Bonchev–Trinajstić information content (AvgIpc) is 2.18. The minimum Gasteiger partial charge on any atom is -0.383 e. The molecule has 3 nitrogen and oxygen atoms in total. The van der Waals surface area contributed by atoms with Crippen LogP contribution >= 0.6 is 24.2 Å². The Kier molecular flexibility index (Phi) is 3.78. The summed E-state index contributed by atoms with van der Waals surface area (Å²) in [6.07, 6.45) is 0. The van der Waals surface area contributed by atoms with Gasteiger partial charge in [-0.1, -0.05) is 29.8 Å². The molecule has 5 heteroatoms. The quantitative estimate of drug-likeness (QED) is 0.320. The van der Waals surface area contributed by atoms with Gasteiger partial charge in [-0.3, -0.25) is 5.41 Å². The third kappa shape index (κ3) is 2.52. The van der Waals surface area contributed by atoms with Crippen molar-refractivity contribution in [1.82, 2.24) is 0 Å². The maximum Gasteiger partial charge on any atom is 0.134 e. The van der Waals surface area contributed by atoms with Crippen LogP contribution in [0.15, 0.2) is 29.8 Å². The van der Waals surface area contributed by atoms with Crippen LogP contribution in [0.1, 0.15) is 5.56 Å². The molecule has 3 N–H and O–H groups in total. The Morgan fingerprint density at radius 2 is 2.07 bits per heavy atom. The first-order valence-electron chi connectivity index (χ1n) is 4.00. The molecule has 1 aromatic carbocycles. The van der Waals surface area contributed by atoms with Crippen LogP contribution in [-0.4, -0.2) is 5.84 Å². The molecule has 0 fully saturated rings. The van der Waals surface area contributed by atoms with Crippen molar-refractivity contribution in [3.63, 3.8) is 0 Å². The number of thiol groups is 1. The molecule has 0 heterocycles. The Morgan fingerprint density at radius 1 is 1.47 bits per heavy atom. The largest absolute Gasteiger partial charge is 0.383 e. The fourth-order valence-corrected chi connectivity index (χ4v) is 1.69. The number of nitrogens with two attached hydrogens (primary N) is 1. The molecule has 0 saturated carbocycles. The van der Waals surface area contributed by atoms with E-state index in [0.29, 0.717) is 15.5 Å². The molecule has 0 aliphatic rings. The first-order chi connectivity index (χ1) is 7.07. The number of nitrogens with one attached hydrogen (secondary N) is 1. The first kappa shape index (κ1) is 11.6. The van der Waals surface area contributed by atoms with Crippen LogP contribution in [-0.2, 0) is 0 Å². The molecular formula is C10H8ClN3S. The molecule has 0 radical (unpaired) electrons. The van der Waals surface area contributed by atoms with Crippen LogP contribution in [0.5, 0.6) is 0 Å². The molecular weight excluding hydrogens is 230 g/mol. The topological polar surface area (TPSA) is 73.7 Å². The highest BCUT2D eigenvalue weighted by Crippen LogP contribution is 2.28. The lowest BCUT2D eigenvalue weighted by Crippen LogP contribution is -2.12. The lowest BCUT2D eigenvalue weighted by molar-refractivity contribution is 1.42. The molecule has 0 aliphatic carbocycles. The highest BCUT2D eigenvalue weighted by atomic mass is 35.5. The van der Waals surface area contributed by atoms with Crippen LogP contribution in [0.25, 0.3) is 4.91 Å². The Bertz CT molecular complexity index is 474. The second-order valence-electron chi connectivity index (χ2n) is 2.73. The second-order valence-corrected chi connectivity index (χ2v) is 3.58. The molecule has 0 saturated heterocycles. The van der Waals surface area contributed by atoms with Crippen molar-refractivity contribution in [1.29, 1.82) is 10.7 Å². The SMILES string of the molecule is N#C/C(C(=N)N)=C(/S)c1ccccc1Cl. The van der Waals surface area contributed by atoms with Crippen molar-refractivity contribution in [3.05, 3.63) is 40.4 Å². The van der Waals surface area contributed by atoms with E-state index in [1.165, 1.54) is 0 Å². The van der Waals surface area contributed by atoms with Gasteiger partial charge >= 0.3 is 0 Å². The summed E-state index contributed by atoms with van der Waals surface area (Å²) in [5.74, 6) is -0.317. The summed E-state index contributed by atoms with van der Waals surface area (Å²) in [7, 11) is 0. The first-order valence-corrected chi connectivity index (χ1v) is 4.83. The van der Waals surface area contributed by atoms with Gasteiger partial charge in [0.1, 0.15) is 17.5 Å². The van der Waals surface area contributed by atoms with Crippen molar-refractivity contribution < 1.29 is 0 Å². The van der Waals surface area contributed by atoms with Gasteiger partial charge in [0, 0.05) is 15.5 Å². The molecule has 0 spiro atoms. The minimum absolute atomic E-state index is 0.0198. The smallest absolute Gasteiger partial charge is 0.134 e. The van der Waals surface area contributed by atoms with E-state index in [-0.39, 0.29) is 11.4 Å². The maximum absolute atomic E-state index is 8.80. The zero-order valence-corrected chi connectivity index (χ0v) is 9.31. The number of nitriles is 1. The second kappa shape index (κ2) is 4.87. The summed E-state index contributed by atoms with van der Waals surface area (Å²) >= 11 is 10.1. The summed E-state index contributed by atoms with van der Waals surface area (Å²) in [4.78, 5) is 0.315. The van der Waals surface area contributed by atoms with Gasteiger partial charge in [0.15, 0.2) is 0 Å². The van der Waals surface area contributed by atoms with E-state index in [4.69, 9.17) is 28.0 Å². The van der Waals surface area contributed by atoms with Crippen LogP contribution in [0.4, 0.5) is 0 Å². The van der Waals surface area contributed by atoms with Crippen LogP contribution < -0.4 is 5.73 Å². The lowest BCUT2D eigenvalue weighted by Gasteiger charge is -2.05. The molecule has 1 aromatic rings. The van der Waals surface area contributed by atoms with E-state index < -0.39 is 0 Å². The molecule has 0 amide bonds. The number of hydrogen-bond donors (Lipinski definition) is 3. The maximum atomic E-state index is 8.80. The number of hydrogen-bond acceptors (Lipinski definition) is 3. The zero-order valence-electron chi connectivity index (χ0n) is 7.66. The molecule has 15 heavy (non-hydrogen) atoms. The lowest BCUT2D eigenvalue weighted by atomic mass is 10.1. The van der Waals surface area contributed by atoms with Gasteiger partial charge in [-0.15, -0.1) is 12.6 Å². The fourth-order valence-electron chi connectivity index (χ4n) is 1.03. The van der Waals surface area contributed by atoms with Crippen LogP contribution in [0.3, 0.4) is 0 Å². The summed E-state index contributed by atoms with van der Waals surface area (Å²) in [6, 6.07) is 8.76. The Morgan fingerprint density at radius 3 is 2.53 bits per heavy atom. The third-order valence-electron chi connectivity index (χ3n) is 1.75. The van der Waals surface area contributed by atoms with E-state index in [1.807, 2.05) is 6.07 Å². The number of amidine groups is 1. The van der Waals surface area contributed by atoms with Gasteiger partial charge in [0.25, 0.3) is 0 Å². The molecule has 1 rings (SSSR count). The predicted molar refractivity (Wildman–Crippen MR) is 64.9 cm³/mol. The molecule has 0 aromatic heterocycles. The van der Waals surface area contributed by atoms with Crippen molar-refractivity contribution in [2.75, 3.05) is 0 Å². The molecule has 0 bridgehead atoms. The standard InChI is InChI=1S/C10H8ClN3S/c11-8-4-2-1-3-6(8)9(15)7(5-12)10(13)14/h1-4,15H,(H3,13,14)/b9-7-. The summed E-state index contributed by atoms with van der Waals surface area (Å²) < 4.78 is 0. The summed E-state index contributed by atoms with van der Waals surface area (Å²) in [6.45, 7) is 0. The Balaban J connectivity index is 3.37. The summed E-state index contributed by atoms with van der Waals surface area (Å²) in [5.41, 5.74) is 5.86. The molecule has 0 aliphatic heterocycles. The predicted octanol–water partition coefficient (Wildman–Crippen LogP) is 2.44. The van der Waals surface area contributed by atoms with Crippen molar-refractivity contribution in [2.45, 2.75) is 0 Å². The normalized spacial score (nSPS) is 11.5. The molecule has 0 unspecified atom stereocenters. The minimum atomic E-state index is -0.317. The van der Waals surface area contributed by atoms with E-state index in [0.717, 1.165) is 0 Å². The van der Waals surface area contributed by atoms with Gasteiger partial charge in [-0.05, 0) is 6.07 Å². The van der Waals surface area contributed by atoms with E-state index in [1.54, 1.807) is 24.3 Å². The summed E-state index contributed by atoms with van der Waals surface area (Å²) in [5, 5.41) is 16.5. The zero-order chi connectivity index (χ0) is 11.4. The molecule has 76 valence electrons. The van der Waals surface area contributed by atoms with Gasteiger partial charge < -0.3 is 5.73 Å². The number of benzene rings is 1. The Hall–Kier alpha value is -1.44. The van der Waals surface area contributed by atoms with Gasteiger partial charge in [0.05, 0.1) is 0 Å².